The second-order valence-corrected chi connectivity index (χ2v) is 3.06. The first kappa shape index (κ1) is 12.8. The van der Waals surface area contributed by atoms with Gasteiger partial charge < -0.3 is 4.74 Å². The standard InChI is InChI=1S/C11H14O.C2H6/c1-9(2)8-12-11-6-4-10(3)5-7-11;1-2/h4-7H,1,8H2,2-3H3;1-2H3. The highest BCUT2D eigenvalue weighted by atomic mass is 16.5. The highest BCUT2D eigenvalue weighted by molar-refractivity contribution is 5.26. The molecule has 0 aliphatic carbocycles. The van der Waals surface area contributed by atoms with Gasteiger partial charge in [0, 0.05) is 0 Å². The van der Waals surface area contributed by atoms with Gasteiger partial charge in [0.2, 0.25) is 0 Å². The molecule has 0 amide bonds. The van der Waals surface area contributed by atoms with E-state index in [1.807, 2.05) is 45.0 Å². The first-order chi connectivity index (χ1) is 6.68. The highest BCUT2D eigenvalue weighted by Gasteiger charge is 1.91. The molecule has 1 nitrogen and oxygen atoms in total. The summed E-state index contributed by atoms with van der Waals surface area (Å²) in [5, 5.41) is 0. The second kappa shape index (κ2) is 7.19. The molecule has 0 heterocycles. The molecule has 0 saturated heterocycles. The van der Waals surface area contributed by atoms with Crippen LogP contribution in [0.5, 0.6) is 5.75 Å². The second-order valence-electron chi connectivity index (χ2n) is 3.06. The van der Waals surface area contributed by atoms with Crippen LogP contribution in [0.15, 0.2) is 36.4 Å². The molecule has 0 aliphatic rings. The van der Waals surface area contributed by atoms with Gasteiger partial charge in [-0.05, 0) is 31.6 Å². The maximum Gasteiger partial charge on any atom is 0.119 e. The summed E-state index contributed by atoms with van der Waals surface area (Å²) in [6.45, 7) is 12.4. The van der Waals surface area contributed by atoms with Crippen LogP contribution in [0, 0.1) is 6.92 Å². The molecule has 1 aromatic rings. The summed E-state index contributed by atoms with van der Waals surface area (Å²) in [5.74, 6) is 0.906. The summed E-state index contributed by atoms with van der Waals surface area (Å²) >= 11 is 0. The van der Waals surface area contributed by atoms with Gasteiger partial charge >= 0.3 is 0 Å². The minimum atomic E-state index is 0.600. The summed E-state index contributed by atoms with van der Waals surface area (Å²) in [6.07, 6.45) is 0. The lowest BCUT2D eigenvalue weighted by molar-refractivity contribution is 0.352. The van der Waals surface area contributed by atoms with Gasteiger partial charge in [-0.15, -0.1) is 0 Å². The van der Waals surface area contributed by atoms with Gasteiger partial charge in [0.05, 0.1) is 0 Å². The fraction of sp³-hybridized carbons (Fsp3) is 0.385. The fourth-order valence-corrected chi connectivity index (χ4v) is 0.841. The van der Waals surface area contributed by atoms with Crippen LogP contribution in [0.2, 0.25) is 0 Å². The Kier molecular flexibility index (Phi) is 6.55. The van der Waals surface area contributed by atoms with Crippen LogP contribution in [-0.2, 0) is 0 Å². The van der Waals surface area contributed by atoms with E-state index in [-0.39, 0.29) is 0 Å². The molecule has 0 saturated carbocycles. The smallest absolute Gasteiger partial charge is 0.119 e. The van der Waals surface area contributed by atoms with Crippen molar-refractivity contribution in [2.24, 2.45) is 0 Å². The molecule has 1 heteroatoms. The zero-order valence-corrected chi connectivity index (χ0v) is 9.63. The predicted octanol–water partition coefficient (Wildman–Crippen LogP) is 3.98. The number of rotatable bonds is 3. The molecular weight excluding hydrogens is 172 g/mol. The Morgan fingerprint density at radius 1 is 1.21 bits per heavy atom. The highest BCUT2D eigenvalue weighted by Crippen LogP contribution is 2.11. The number of hydrogen-bond donors (Lipinski definition) is 0. The Labute approximate surface area is 87.4 Å². The van der Waals surface area contributed by atoms with Crippen molar-refractivity contribution in [1.29, 1.82) is 0 Å². The molecule has 14 heavy (non-hydrogen) atoms. The van der Waals surface area contributed by atoms with Crippen LogP contribution in [0.4, 0.5) is 0 Å². The summed E-state index contributed by atoms with van der Waals surface area (Å²) in [6, 6.07) is 8.01. The Bertz CT molecular complexity index is 259. The maximum absolute atomic E-state index is 5.42. The van der Waals surface area contributed by atoms with Gasteiger partial charge in [-0.2, -0.15) is 0 Å². The lowest BCUT2D eigenvalue weighted by atomic mass is 10.2. The molecule has 0 bridgehead atoms. The molecule has 1 rings (SSSR count). The summed E-state index contributed by atoms with van der Waals surface area (Å²) in [5.41, 5.74) is 2.29. The molecule has 1 aromatic carbocycles. The quantitative estimate of drug-likeness (QED) is 0.658. The summed E-state index contributed by atoms with van der Waals surface area (Å²) in [7, 11) is 0. The van der Waals surface area contributed by atoms with Gasteiger partial charge in [-0.3, -0.25) is 0 Å². The summed E-state index contributed by atoms with van der Waals surface area (Å²) in [4.78, 5) is 0. The number of ether oxygens (including phenoxy) is 1. The van der Waals surface area contributed by atoms with Crippen molar-refractivity contribution in [1.82, 2.24) is 0 Å². The van der Waals surface area contributed by atoms with Crippen molar-refractivity contribution < 1.29 is 4.74 Å². The van der Waals surface area contributed by atoms with Crippen molar-refractivity contribution >= 4 is 0 Å². The minimum absolute atomic E-state index is 0.600. The Balaban J connectivity index is 0.000000791. The van der Waals surface area contributed by atoms with Crippen molar-refractivity contribution in [3.8, 4) is 5.75 Å². The van der Waals surface area contributed by atoms with Crippen LogP contribution in [0.1, 0.15) is 26.3 Å². The van der Waals surface area contributed by atoms with E-state index >= 15 is 0 Å². The zero-order chi connectivity index (χ0) is 11.0. The van der Waals surface area contributed by atoms with Crippen LogP contribution < -0.4 is 4.74 Å². The third-order valence-corrected chi connectivity index (χ3v) is 1.51. The molecule has 0 aliphatic heterocycles. The lowest BCUT2D eigenvalue weighted by Gasteiger charge is -2.04. The van der Waals surface area contributed by atoms with Gasteiger partial charge in [0.15, 0.2) is 0 Å². The third-order valence-electron chi connectivity index (χ3n) is 1.51. The Morgan fingerprint density at radius 3 is 2.14 bits per heavy atom. The van der Waals surface area contributed by atoms with E-state index in [9.17, 15) is 0 Å². The molecule has 78 valence electrons. The molecule has 0 radical (unpaired) electrons. The largest absolute Gasteiger partial charge is 0.489 e. The van der Waals surface area contributed by atoms with E-state index in [0.717, 1.165) is 11.3 Å². The Hall–Kier alpha value is -1.24. The normalized spacial score (nSPS) is 8.57. The van der Waals surface area contributed by atoms with Crippen molar-refractivity contribution in [2.75, 3.05) is 6.61 Å². The lowest BCUT2D eigenvalue weighted by Crippen LogP contribution is -1.96. The molecule has 0 fully saturated rings. The summed E-state index contributed by atoms with van der Waals surface area (Å²) < 4.78 is 5.42. The molecular formula is C13H20O. The first-order valence-corrected chi connectivity index (χ1v) is 5.02. The van der Waals surface area contributed by atoms with Crippen LogP contribution >= 0.6 is 0 Å². The van der Waals surface area contributed by atoms with E-state index in [0.29, 0.717) is 6.61 Å². The van der Waals surface area contributed by atoms with E-state index in [1.165, 1.54) is 5.56 Å². The van der Waals surface area contributed by atoms with E-state index in [4.69, 9.17) is 4.74 Å². The molecule has 0 atom stereocenters. The number of hydrogen-bond acceptors (Lipinski definition) is 1. The molecule has 0 N–H and O–H groups in total. The van der Waals surface area contributed by atoms with Crippen LogP contribution in [0.3, 0.4) is 0 Å². The fourth-order valence-electron chi connectivity index (χ4n) is 0.841. The SMILES string of the molecule is C=C(C)COc1ccc(C)cc1.CC. The minimum Gasteiger partial charge on any atom is -0.489 e. The molecule has 0 unspecified atom stereocenters. The van der Waals surface area contributed by atoms with E-state index < -0.39 is 0 Å². The average Bonchev–Trinajstić information content (AvgIpc) is 2.20. The van der Waals surface area contributed by atoms with E-state index in [2.05, 4.69) is 13.5 Å². The Morgan fingerprint density at radius 2 is 1.71 bits per heavy atom. The number of aryl methyl sites for hydroxylation is 1. The zero-order valence-electron chi connectivity index (χ0n) is 9.63. The number of benzene rings is 1. The third kappa shape index (κ3) is 5.41. The van der Waals surface area contributed by atoms with E-state index in [1.54, 1.807) is 0 Å². The maximum atomic E-state index is 5.42. The topological polar surface area (TPSA) is 9.23 Å². The van der Waals surface area contributed by atoms with Gasteiger partial charge in [-0.25, -0.2) is 0 Å². The van der Waals surface area contributed by atoms with Crippen molar-refractivity contribution in [3.05, 3.63) is 42.0 Å². The van der Waals surface area contributed by atoms with Gasteiger partial charge in [0.1, 0.15) is 12.4 Å². The van der Waals surface area contributed by atoms with Gasteiger partial charge in [0.25, 0.3) is 0 Å². The average molecular weight is 192 g/mol. The van der Waals surface area contributed by atoms with Crippen LogP contribution in [0.25, 0.3) is 0 Å². The monoisotopic (exact) mass is 192 g/mol. The first-order valence-electron chi connectivity index (χ1n) is 5.02. The molecule has 0 aromatic heterocycles. The predicted molar refractivity (Wildman–Crippen MR) is 62.8 cm³/mol. The van der Waals surface area contributed by atoms with Gasteiger partial charge in [-0.1, -0.05) is 38.1 Å². The van der Waals surface area contributed by atoms with Crippen molar-refractivity contribution in [2.45, 2.75) is 27.7 Å². The molecule has 0 spiro atoms. The van der Waals surface area contributed by atoms with Crippen molar-refractivity contribution in [3.63, 3.8) is 0 Å². The van der Waals surface area contributed by atoms with Crippen LogP contribution in [-0.4, -0.2) is 6.61 Å².